The Morgan fingerprint density at radius 3 is 2.42 bits per heavy atom. The molecule has 31 heavy (non-hydrogen) atoms. The fourth-order valence-electron chi connectivity index (χ4n) is 4.01. The minimum Gasteiger partial charge on any atom is -0.495 e. The quantitative estimate of drug-likeness (QED) is 0.601. The van der Waals surface area contributed by atoms with Crippen molar-refractivity contribution in [1.29, 1.82) is 0 Å². The van der Waals surface area contributed by atoms with E-state index in [-0.39, 0.29) is 21.6 Å². The van der Waals surface area contributed by atoms with Crippen LogP contribution in [0.1, 0.15) is 19.3 Å². The molecule has 4 rings (SSSR count). The second-order valence-corrected chi connectivity index (χ2v) is 8.38. The molecule has 0 amide bonds. The first-order chi connectivity index (χ1) is 14.8. The number of halogens is 2. The zero-order valence-corrected chi connectivity index (χ0v) is 19.0. The van der Waals surface area contributed by atoms with Gasteiger partial charge in [-0.05, 0) is 18.9 Å². The van der Waals surface area contributed by atoms with Gasteiger partial charge in [-0.1, -0.05) is 23.2 Å². The van der Waals surface area contributed by atoms with Crippen molar-refractivity contribution >= 4 is 40.2 Å². The number of anilines is 1. The van der Waals surface area contributed by atoms with E-state index in [0.29, 0.717) is 45.6 Å². The van der Waals surface area contributed by atoms with Crippen LogP contribution in [-0.4, -0.2) is 40.8 Å². The van der Waals surface area contributed by atoms with Gasteiger partial charge < -0.3 is 20.5 Å². The predicted octanol–water partition coefficient (Wildman–Crippen LogP) is 2.89. The number of methoxy groups -OCH3 is 2. The van der Waals surface area contributed by atoms with E-state index in [4.69, 9.17) is 32.7 Å². The number of ether oxygens (including phenoxy) is 2. The maximum absolute atomic E-state index is 13.3. The summed E-state index contributed by atoms with van der Waals surface area (Å²) in [7, 11) is 4.63. The Morgan fingerprint density at radius 2 is 1.84 bits per heavy atom. The average Bonchev–Trinajstić information content (AvgIpc) is 3.16. The summed E-state index contributed by atoms with van der Waals surface area (Å²) in [5, 5.41) is 4.48. The normalized spacial score (nSPS) is 18.4. The van der Waals surface area contributed by atoms with Crippen LogP contribution < -0.4 is 26.1 Å². The standard InChI is InChI=1S/C21H23Cl2N5O3/c1-28-19-10(9-25-21(27-19)26-13-6-4-5-12(13)24)7-11(20(28)29)16-17(22)14(30-2)8-15(31-3)18(16)23/h7-9,12-13H,4-6,24H2,1-3H3,(H,25,26,27)/p+1/t12-,13+/m0/s1. The summed E-state index contributed by atoms with van der Waals surface area (Å²) in [5.74, 6) is 1.19. The third-order valence-corrected chi connectivity index (χ3v) is 6.52. The van der Waals surface area contributed by atoms with Gasteiger partial charge in [0.1, 0.15) is 23.2 Å². The molecule has 1 aromatic carbocycles. The van der Waals surface area contributed by atoms with E-state index < -0.39 is 0 Å². The Kier molecular flexibility index (Phi) is 5.96. The van der Waals surface area contributed by atoms with Crippen molar-refractivity contribution in [3.05, 3.63) is 38.7 Å². The Labute approximate surface area is 189 Å². The highest BCUT2D eigenvalue weighted by molar-refractivity contribution is 6.41. The summed E-state index contributed by atoms with van der Waals surface area (Å²) in [4.78, 5) is 22.3. The van der Waals surface area contributed by atoms with Gasteiger partial charge in [-0.3, -0.25) is 9.36 Å². The molecule has 1 saturated carbocycles. The van der Waals surface area contributed by atoms with Crippen LogP contribution in [-0.2, 0) is 7.05 Å². The second kappa shape index (κ2) is 8.53. The summed E-state index contributed by atoms with van der Waals surface area (Å²) in [6.45, 7) is 0. The van der Waals surface area contributed by atoms with Crippen LogP contribution in [0.15, 0.2) is 23.1 Å². The number of nitrogens with one attached hydrogen (secondary N) is 1. The van der Waals surface area contributed by atoms with E-state index in [1.54, 1.807) is 25.4 Å². The molecule has 1 aliphatic carbocycles. The molecule has 0 radical (unpaired) electrons. The summed E-state index contributed by atoms with van der Waals surface area (Å²) in [5.41, 5.74) is 5.04. The lowest BCUT2D eigenvalue weighted by Crippen LogP contribution is -2.65. The van der Waals surface area contributed by atoms with Crippen molar-refractivity contribution in [2.75, 3.05) is 19.5 Å². The van der Waals surface area contributed by atoms with Crippen LogP contribution in [0.2, 0.25) is 10.0 Å². The number of benzene rings is 1. The average molecular weight is 465 g/mol. The van der Waals surface area contributed by atoms with E-state index in [0.717, 1.165) is 19.3 Å². The van der Waals surface area contributed by atoms with E-state index in [1.165, 1.54) is 18.8 Å². The van der Waals surface area contributed by atoms with Gasteiger partial charge >= 0.3 is 0 Å². The number of quaternary nitrogens is 1. The lowest BCUT2D eigenvalue weighted by molar-refractivity contribution is -0.418. The summed E-state index contributed by atoms with van der Waals surface area (Å²) >= 11 is 13.1. The molecule has 2 atom stereocenters. The SMILES string of the molecule is COc1cc(OC)c(Cl)c(-c2cc3cnc(N[C@@H]4CCC[C@@H]4[NH3+])nc3n(C)c2=O)c1Cl. The zero-order chi connectivity index (χ0) is 22.3. The lowest BCUT2D eigenvalue weighted by atomic mass is 10.0. The predicted molar refractivity (Wildman–Crippen MR) is 121 cm³/mol. The summed E-state index contributed by atoms with van der Waals surface area (Å²) in [6, 6.07) is 3.82. The molecule has 0 spiro atoms. The number of aromatic nitrogens is 3. The topological polar surface area (TPSA) is 106 Å². The number of pyridine rings is 1. The Hall–Kier alpha value is -2.55. The van der Waals surface area contributed by atoms with E-state index in [1.807, 2.05) is 0 Å². The highest BCUT2D eigenvalue weighted by Gasteiger charge is 2.28. The molecule has 2 heterocycles. The molecule has 1 aliphatic rings. The number of rotatable bonds is 5. The van der Waals surface area contributed by atoms with Crippen molar-refractivity contribution in [3.63, 3.8) is 0 Å². The Bertz CT molecular complexity index is 1190. The van der Waals surface area contributed by atoms with Crippen LogP contribution in [0.25, 0.3) is 22.2 Å². The molecule has 4 N–H and O–H groups in total. The van der Waals surface area contributed by atoms with Crippen LogP contribution in [0, 0.1) is 0 Å². The third-order valence-electron chi connectivity index (χ3n) is 5.77. The van der Waals surface area contributed by atoms with Gasteiger partial charge in [0.2, 0.25) is 5.95 Å². The first kappa shape index (κ1) is 21.7. The van der Waals surface area contributed by atoms with Crippen LogP contribution in [0.3, 0.4) is 0 Å². The number of nitrogens with zero attached hydrogens (tertiary/aromatic N) is 3. The monoisotopic (exact) mass is 464 g/mol. The molecule has 1 fully saturated rings. The van der Waals surface area contributed by atoms with Crippen molar-refractivity contribution in [2.24, 2.45) is 7.05 Å². The minimum absolute atomic E-state index is 0.228. The van der Waals surface area contributed by atoms with Gasteiger partial charge in [0.25, 0.3) is 5.56 Å². The smallest absolute Gasteiger partial charge is 0.259 e. The van der Waals surface area contributed by atoms with E-state index >= 15 is 0 Å². The molecular formula is C21H24Cl2N5O3+. The van der Waals surface area contributed by atoms with Gasteiger partial charge in [0, 0.05) is 36.7 Å². The maximum atomic E-state index is 13.3. The maximum Gasteiger partial charge on any atom is 0.259 e. The minimum atomic E-state index is -0.299. The molecule has 0 bridgehead atoms. The van der Waals surface area contributed by atoms with Gasteiger partial charge in [-0.25, -0.2) is 4.98 Å². The van der Waals surface area contributed by atoms with Crippen molar-refractivity contribution < 1.29 is 15.2 Å². The van der Waals surface area contributed by atoms with Gasteiger partial charge in [-0.2, -0.15) is 4.98 Å². The number of hydrogen-bond acceptors (Lipinski definition) is 6. The molecule has 8 nitrogen and oxygen atoms in total. The molecule has 10 heteroatoms. The highest BCUT2D eigenvalue weighted by atomic mass is 35.5. The van der Waals surface area contributed by atoms with Gasteiger partial charge in [0.05, 0.1) is 35.9 Å². The lowest BCUT2D eigenvalue weighted by Gasteiger charge is -2.17. The molecular weight excluding hydrogens is 441 g/mol. The molecule has 0 saturated heterocycles. The Morgan fingerprint density at radius 1 is 1.16 bits per heavy atom. The summed E-state index contributed by atoms with van der Waals surface area (Å²) in [6.07, 6.45) is 4.92. The van der Waals surface area contributed by atoms with Gasteiger partial charge in [-0.15, -0.1) is 0 Å². The second-order valence-electron chi connectivity index (χ2n) is 7.62. The number of hydrogen-bond donors (Lipinski definition) is 2. The molecule has 3 aromatic rings. The molecule has 164 valence electrons. The van der Waals surface area contributed by atoms with E-state index in [2.05, 4.69) is 21.0 Å². The van der Waals surface area contributed by atoms with Crippen LogP contribution >= 0.6 is 23.2 Å². The fraction of sp³-hybridized carbons (Fsp3) is 0.381. The number of aryl methyl sites for hydroxylation is 1. The first-order valence-electron chi connectivity index (χ1n) is 9.92. The number of fused-ring (bicyclic) bond motifs is 1. The first-order valence-corrected chi connectivity index (χ1v) is 10.7. The molecule has 0 unspecified atom stereocenters. The van der Waals surface area contributed by atoms with Crippen molar-refractivity contribution in [3.8, 4) is 22.6 Å². The van der Waals surface area contributed by atoms with Crippen LogP contribution in [0.5, 0.6) is 11.5 Å². The molecule has 2 aromatic heterocycles. The largest absolute Gasteiger partial charge is 0.495 e. The highest BCUT2D eigenvalue weighted by Crippen LogP contribution is 2.45. The van der Waals surface area contributed by atoms with E-state index in [9.17, 15) is 4.79 Å². The zero-order valence-electron chi connectivity index (χ0n) is 17.5. The van der Waals surface area contributed by atoms with Crippen LogP contribution in [0.4, 0.5) is 5.95 Å². The third kappa shape index (κ3) is 3.79. The van der Waals surface area contributed by atoms with Crippen molar-refractivity contribution in [2.45, 2.75) is 31.3 Å². The Balaban J connectivity index is 1.85. The molecule has 0 aliphatic heterocycles. The van der Waals surface area contributed by atoms with Crippen molar-refractivity contribution in [1.82, 2.24) is 14.5 Å². The summed E-state index contributed by atoms with van der Waals surface area (Å²) < 4.78 is 12.1. The van der Waals surface area contributed by atoms with Gasteiger partial charge in [0.15, 0.2) is 0 Å². The fourth-order valence-corrected chi connectivity index (χ4v) is 4.71.